The molecule has 158 valence electrons. The molecule has 3 rings (SSSR count). The van der Waals surface area contributed by atoms with Gasteiger partial charge >= 0.3 is 6.03 Å². The van der Waals surface area contributed by atoms with Crippen molar-refractivity contribution in [2.45, 2.75) is 12.6 Å². The van der Waals surface area contributed by atoms with Gasteiger partial charge in [0.25, 0.3) is 0 Å². The van der Waals surface area contributed by atoms with E-state index >= 15 is 0 Å². The summed E-state index contributed by atoms with van der Waals surface area (Å²) in [6, 6.07) is 14.9. The van der Waals surface area contributed by atoms with Crippen molar-refractivity contribution in [3.8, 4) is 11.5 Å². The minimum atomic E-state index is -0.271. The standard InChI is InChI=1S/C22H26N4O3S/c1-26(2)21(16-7-9-19(28-3)10-8-16)12-23-22(27)25-17-5-4-6-20(11-17)29-13-18-14-30-15-24-18/h4-11,14-15,21H,12-13H2,1-3H3,(H2,23,25,27). The highest BCUT2D eigenvalue weighted by Crippen LogP contribution is 2.21. The van der Waals surface area contributed by atoms with Gasteiger partial charge in [0.05, 0.1) is 24.4 Å². The quantitative estimate of drug-likeness (QED) is 0.537. The Labute approximate surface area is 180 Å². The fraction of sp³-hybridized carbons (Fsp3) is 0.273. The molecule has 7 nitrogen and oxygen atoms in total. The number of carbonyl (C=O) groups is 1. The molecular weight excluding hydrogens is 400 g/mol. The minimum Gasteiger partial charge on any atom is -0.497 e. The number of hydrogen-bond donors (Lipinski definition) is 2. The van der Waals surface area contributed by atoms with Crippen LogP contribution in [-0.2, 0) is 6.61 Å². The average Bonchev–Trinajstić information content (AvgIpc) is 3.26. The van der Waals surface area contributed by atoms with Gasteiger partial charge in [-0.05, 0) is 43.9 Å². The molecule has 0 spiro atoms. The molecule has 2 aromatic carbocycles. The van der Waals surface area contributed by atoms with E-state index in [2.05, 4.69) is 20.5 Å². The van der Waals surface area contributed by atoms with Gasteiger partial charge in [0.1, 0.15) is 18.1 Å². The third-order valence-corrected chi connectivity index (χ3v) is 5.18. The maximum absolute atomic E-state index is 12.4. The number of nitrogens with zero attached hydrogens (tertiary/aromatic N) is 2. The Hall–Kier alpha value is -3.10. The first-order chi connectivity index (χ1) is 14.5. The predicted octanol–water partition coefficient (Wildman–Crippen LogP) is 4.16. The summed E-state index contributed by atoms with van der Waals surface area (Å²) in [7, 11) is 5.61. The molecule has 0 bridgehead atoms. The molecule has 0 fully saturated rings. The van der Waals surface area contributed by atoms with Crippen molar-refractivity contribution in [2.75, 3.05) is 33.1 Å². The summed E-state index contributed by atoms with van der Waals surface area (Å²) in [5.74, 6) is 1.48. The van der Waals surface area contributed by atoms with E-state index in [-0.39, 0.29) is 12.1 Å². The second-order valence-corrected chi connectivity index (χ2v) is 7.60. The highest BCUT2D eigenvalue weighted by Gasteiger charge is 2.15. The number of hydrogen-bond acceptors (Lipinski definition) is 6. The Balaban J connectivity index is 1.54. The number of benzene rings is 2. The number of ether oxygens (including phenoxy) is 2. The first kappa shape index (κ1) is 21.6. The summed E-state index contributed by atoms with van der Waals surface area (Å²) >= 11 is 1.53. The number of rotatable bonds is 9. The minimum absolute atomic E-state index is 0.0365. The van der Waals surface area contributed by atoms with Crippen LogP contribution in [-0.4, -0.2) is 43.7 Å². The topological polar surface area (TPSA) is 75.7 Å². The number of amides is 2. The fourth-order valence-electron chi connectivity index (χ4n) is 2.92. The van der Waals surface area contributed by atoms with Crippen LogP contribution in [0.2, 0.25) is 0 Å². The molecule has 0 aliphatic rings. The average molecular weight is 427 g/mol. The fourth-order valence-corrected chi connectivity index (χ4v) is 3.46. The molecular formula is C22H26N4O3S. The van der Waals surface area contributed by atoms with Gasteiger partial charge in [-0.25, -0.2) is 9.78 Å². The first-order valence-electron chi connectivity index (χ1n) is 9.50. The number of anilines is 1. The van der Waals surface area contributed by atoms with E-state index in [1.54, 1.807) is 18.7 Å². The Morgan fingerprint density at radius 2 is 1.97 bits per heavy atom. The molecule has 0 aliphatic heterocycles. The molecule has 1 heterocycles. The lowest BCUT2D eigenvalue weighted by molar-refractivity contribution is 0.243. The van der Waals surface area contributed by atoms with Gasteiger partial charge in [-0.3, -0.25) is 0 Å². The Morgan fingerprint density at radius 1 is 1.17 bits per heavy atom. The van der Waals surface area contributed by atoms with Crippen molar-refractivity contribution in [1.29, 1.82) is 0 Å². The first-order valence-corrected chi connectivity index (χ1v) is 10.4. The highest BCUT2D eigenvalue weighted by atomic mass is 32.1. The van der Waals surface area contributed by atoms with Crippen molar-refractivity contribution in [3.05, 3.63) is 70.7 Å². The zero-order valence-electron chi connectivity index (χ0n) is 17.3. The van der Waals surface area contributed by atoms with E-state index in [4.69, 9.17) is 9.47 Å². The number of urea groups is 1. The van der Waals surface area contributed by atoms with Crippen molar-refractivity contribution >= 4 is 23.1 Å². The molecule has 1 aromatic heterocycles. The van der Waals surface area contributed by atoms with E-state index in [9.17, 15) is 4.79 Å². The lowest BCUT2D eigenvalue weighted by Gasteiger charge is -2.25. The van der Waals surface area contributed by atoms with E-state index < -0.39 is 0 Å². The molecule has 1 unspecified atom stereocenters. The van der Waals surface area contributed by atoms with Gasteiger partial charge in [0, 0.05) is 23.7 Å². The molecule has 0 saturated carbocycles. The zero-order chi connectivity index (χ0) is 21.3. The molecule has 3 aromatic rings. The maximum atomic E-state index is 12.4. The summed E-state index contributed by atoms with van der Waals surface area (Å²) in [6.07, 6.45) is 0. The van der Waals surface area contributed by atoms with Crippen LogP contribution < -0.4 is 20.1 Å². The molecule has 0 saturated heterocycles. The molecule has 1 atom stereocenters. The third kappa shape index (κ3) is 6.20. The van der Waals surface area contributed by atoms with Gasteiger partial charge in [-0.15, -0.1) is 11.3 Å². The van der Waals surface area contributed by atoms with Crippen LogP contribution >= 0.6 is 11.3 Å². The van der Waals surface area contributed by atoms with Crippen LogP contribution in [0.3, 0.4) is 0 Å². The van der Waals surface area contributed by atoms with Gasteiger partial charge in [0.2, 0.25) is 0 Å². The van der Waals surface area contributed by atoms with Crippen molar-refractivity contribution in [2.24, 2.45) is 0 Å². The Kier molecular flexibility index (Phi) is 7.64. The number of methoxy groups -OCH3 is 1. The summed E-state index contributed by atoms with van der Waals surface area (Å²) in [6.45, 7) is 0.858. The summed E-state index contributed by atoms with van der Waals surface area (Å²) < 4.78 is 10.9. The maximum Gasteiger partial charge on any atom is 0.319 e. The number of likely N-dealkylation sites (N-methyl/N-ethyl adjacent to an activating group) is 1. The number of thiazole rings is 1. The Bertz CT molecular complexity index is 930. The van der Waals surface area contributed by atoms with Crippen molar-refractivity contribution in [1.82, 2.24) is 15.2 Å². The van der Waals surface area contributed by atoms with E-state index in [0.717, 1.165) is 17.0 Å². The number of aromatic nitrogens is 1. The SMILES string of the molecule is COc1ccc(C(CNC(=O)Nc2cccc(OCc3cscn3)c2)N(C)C)cc1. The lowest BCUT2D eigenvalue weighted by atomic mass is 10.1. The molecule has 2 amide bonds. The second kappa shape index (κ2) is 10.6. The van der Waals surface area contributed by atoms with E-state index in [0.29, 0.717) is 24.6 Å². The summed E-state index contributed by atoms with van der Waals surface area (Å²) in [5, 5.41) is 7.74. The van der Waals surface area contributed by atoms with E-state index in [1.807, 2.05) is 61.9 Å². The second-order valence-electron chi connectivity index (χ2n) is 6.88. The van der Waals surface area contributed by atoms with Crippen LogP contribution in [0.25, 0.3) is 0 Å². The van der Waals surface area contributed by atoms with Crippen LogP contribution in [0, 0.1) is 0 Å². The molecule has 0 aliphatic carbocycles. The summed E-state index contributed by atoms with van der Waals surface area (Å²) in [4.78, 5) is 18.7. The molecule has 0 radical (unpaired) electrons. The third-order valence-electron chi connectivity index (χ3n) is 4.54. The largest absolute Gasteiger partial charge is 0.497 e. The van der Waals surface area contributed by atoms with E-state index in [1.165, 1.54) is 11.3 Å². The lowest BCUT2D eigenvalue weighted by Crippen LogP contribution is -2.36. The van der Waals surface area contributed by atoms with Gasteiger partial charge in [-0.1, -0.05) is 18.2 Å². The van der Waals surface area contributed by atoms with Crippen LogP contribution in [0.4, 0.5) is 10.5 Å². The van der Waals surface area contributed by atoms with Crippen LogP contribution in [0.15, 0.2) is 59.4 Å². The van der Waals surface area contributed by atoms with Crippen LogP contribution in [0.5, 0.6) is 11.5 Å². The predicted molar refractivity (Wildman–Crippen MR) is 119 cm³/mol. The van der Waals surface area contributed by atoms with Gasteiger partial charge in [-0.2, -0.15) is 0 Å². The van der Waals surface area contributed by atoms with Gasteiger partial charge in [0.15, 0.2) is 0 Å². The monoisotopic (exact) mass is 426 g/mol. The molecule has 8 heteroatoms. The smallest absolute Gasteiger partial charge is 0.319 e. The van der Waals surface area contributed by atoms with Crippen molar-refractivity contribution in [3.63, 3.8) is 0 Å². The number of nitrogens with one attached hydrogen (secondary N) is 2. The van der Waals surface area contributed by atoms with Crippen molar-refractivity contribution < 1.29 is 14.3 Å². The van der Waals surface area contributed by atoms with Gasteiger partial charge < -0.3 is 25.0 Å². The molecule has 30 heavy (non-hydrogen) atoms. The highest BCUT2D eigenvalue weighted by molar-refractivity contribution is 7.07. The van der Waals surface area contributed by atoms with Crippen LogP contribution in [0.1, 0.15) is 17.3 Å². The Morgan fingerprint density at radius 3 is 2.63 bits per heavy atom. The number of carbonyl (C=O) groups excluding carboxylic acids is 1. The molecule has 2 N–H and O–H groups in total. The zero-order valence-corrected chi connectivity index (χ0v) is 18.1. The normalized spacial score (nSPS) is 11.7. The summed E-state index contributed by atoms with van der Waals surface area (Å²) in [5.41, 5.74) is 4.41.